The molecule has 0 aromatic rings. The van der Waals surface area contributed by atoms with Gasteiger partial charge >= 0.3 is 0 Å². The van der Waals surface area contributed by atoms with Gasteiger partial charge in [0.25, 0.3) is 0 Å². The van der Waals surface area contributed by atoms with Crippen LogP contribution in [0.1, 0.15) is 6.42 Å². The number of rotatable bonds is 4. The third kappa shape index (κ3) is 2.10. The van der Waals surface area contributed by atoms with E-state index < -0.39 is 10.0 Å². The zero-order valence-corrected chi connectivity index (χ0v) is 9.63. The fourth-order valence-electron chi connectivity index (χ4n) is 2.01. The zero-order valence-electron chi connectivity index (χ0n) is 8.81. The number of piperidine rings is 1. The molecule has 0 aromatic carbocycles. The Labute approximate surface area is 85.9 Å². The van der Waals surface area contributed by atoms with Crippen LogP contribution in [0.25, 0.3) is 0 Å². The third-order valence-corrected chi connectivity index (χ3v) is 4.92. The van der Waals surface area contributed by atoms with Gasteiger partial charge in [-0.1, -0.05) is 0 Å². The maximum absolute atomic E-state index is 11.8. The summed E-state index contributed by atoms with van der Waals surface area (Å²) < 4.78 is 25.3. The van der Waals surface area contributed by atoms with E-state index in [1.54, 1.807) is 4.31 Å². The predicted octanol–water partition coefficient (Wildman–Crippen LogP) is -0.170. The van der Waals surface area contributed by atoms with Crippen LogP contribution in [-0.2, 0) is 10.0 Å². The molecule has 2 aliphatic rings. The minimum atomic E-state index is -2.97. The summed E-state index contributed by atoms with van der Waals surface area (Å²) in [5.41, 5.74) is 0. The molecule has 0 unspecified atom stereocenters. The average Bonchev–Trinajstić information content (AvgIpc) is 2.70. The molecular weight excluding hydrogens is 200 g/mol. The number of hydrogen-bond donors (Lipinski definition) is 0. The molecule has 0 radical (unpaired) electrons. The average molecular weight is 218 g/mol. The summed E-state index contributed by atoms with van der Waals surface area (Å²) in [4.78, 5) is 1.91. The minimum absolute atomic E-state index is 0.263. The highest BCUT2D eigenvalue weighted by Gasteiger charge is 2.48. The van der Waals surface area contributed by atoms with Crippen LogP contribution in [0, 0.1) is 11.8 Å². The van der Waals surface area contributed by atoms with Crippen molar-refractivity contribution in [2.45, 2.75) is 6.42 Å². The summed E-state index contributed by atoms with van der Waals surface area (Å²) in [6.07, 6.45) is 1.25. The van der Waals surface area contributed by atoms with Crippen LogP contribution in [0.3, 0.4) is 0 Å². The molecule has 5 heteroatoms. The Morgan fingerprint density at radius 2 is 1.86 bits per heavy atom. The van der Waals surface area contributed by atoms with E-state index in [4.69, 9.17) is 0 Å². The van der Waals surface area contributed by atoms with Crippen molar-refractivity contribution < 1.29 is 8.42 Å². The molecule has 0 N–H and O–H groups in total. The molecule has 0 bridgehead atoms. The molecule has 0 amide bonds. The molecule has 1 aliphatic heterocycles. The van der Waals surface area contributed by atoms with Gasteiger partial charge in [-0.25, -0.2) is 12.7 Å². The van der Waals surface area contributed by atoms with E-state index in [0.29, 0.717) is 18.4 Å². The predicted molar refractivity (Wildman–Crippen MR) is 55.5 cm³/mol. The molecule has 1 aliphatic carbocycles. The highest BCUT2D eigenvalue weighted by Crippen LogP contribution is 2.45. The lowest BCUT2D eigenvalue weighted by atomic mass is 10.4. The molecule has 14 heavy (non-hydrogen) atoms. The molecule has 0 aromatic heterocycles. The lowest BCUT2D eigenvalue weighted by Crippen LogP contribution is -2.35. The molecule has 1 heterocycles. The van der Waals surface area contributed by atoms with Gasteiger partial charge in [-0.3, -0.25) is 0 Å². The highest BCUT2D eigenvalue weighted by atomic mass is 32.2. The van der Waals surface area contributed by atoms with E-state index >= 15 is 0 Å². The summed E-state index contributed by atoms with van der Waals surface area (Å²) in [5.74, 6) is 1.63. The Hall–Kier alpha value is -0.130. The zero-order chi connectivity index (χ0) is 10.3. The van der Waals surface area contributed by atoms with Crippen molar-refractivity contribution in [1.82, 2.24) is 9.21 Å². The van der Waals surface area contributed by atoms with E-state index in [1.165, 1.54) is 6.42 Å². The minimum Gasteiger partial charge on any atom is -0.308 e. The number of fused-ring (bicyclic) bond motifs is 1. The summed E-state index contributed by atoms with van der Waals surface area (Å²) in [6, 6.07) is 0. The van der Waals surface area contributed by atoms with Crippen LogP contribution in [0.5, 0.6) is 0 Å². The van der Waals surface area contributed by atoms with Gasteiger partial charge in [0.2, 0.25) is 10.0 Å². The van der Waals surface area contributed by atoms with Crippen molar-refractivity contribution in [2.75, 3.05) is 39.5 Å². The molecule has 2 atom stereocenters. The van der Waals surface area contributed by atoms with Gasteiger partial charge in [0.05, 0.1) is 5.75 Å². The van der Waals surface area contributed by atoms with Gasteiger partial charge < -0.3 is 4.90 Å². The third-order valence-electron chi connectivity index (χ3n) is 3.14. The van der Waals surface area contributed by atoms with Crippen LogP contribution in [-0.4, -0.2) is 57.1 Å². The van der Waals surface area contributed by atoms with Crippen LogP contribution in [0.15, 0.2) is 0 Å². The topological polar surface area (TPSA) is 40.6 Å². The standard InChI is InChI=1S/C9H18N2O2S/c1-10(2)3-4-14(12,13)11-6-8-5-9(8)7-11/h8-9H,3-7H2,1-2H3/t8-,9+. The Morgan fingerprint density at radius 1 is 1.29 bits per heavy atom. The summed E-state index contributed by atoms with van der Waals surface area (Å²) in [6.45, 7) is 2.18. The molecule has 2 fully saturated rings. The molecule has 2 rings (SSSR count). The number of hydrogen-bond acceptors (Lipinski definition) is 3. The Kier molecular flexibility index (Phi) is 2.57. The first kappa shape index (κ1) is 10.4. The van der Waals surface area contributed by atoms with Crippen LogP contribution < -0.4 is 0 Å². The second-order valence-electron chi connectivity index (χ2n) is 4.69. The smallest absolute Gasteiger partial charge is 0.215 e. The molecule has 82 valence electrons. The summed E-state index contributed by atoms with van der Waals surface area (Å²) in [5, 5.41) is 0. The molecule has 4 nitrogen and oxygen atoms in total. The van der Waals surface area contributed by atoms with Crippen molar-refractivity contribution in [3.05, 3.63) is 0 Å². The normalized spacial score (nSPS) is 32.2. The van der Waals surface area contributed by atoms with Crippen LogP contribution >= 0.6 is 0 Å². The Morgan fingerprint density at radius 3 is 2.36 bits per heavy atom. The second-order valence-corrected chi connectivity index (χ2v) is 6.78. The lowest BCUT2D eigenvalue weighted by molar-refractivity contribution is 0.410. The monoisotopic (exact) mass is 218 g/mol. The SMILES string of the molecule is CN(C)CCS(=O)(=O)N1C[C@H]2C[C@H]2C1. The molecule has 0 spiro atoms. The Balaban J connectivity index is 1.88. The first-order valence-corrected chi connectivity index (χ1v) is 6.72. The van der Waals surface area contributed by atoms with E-state index in [9.17, 15) is 8.42 Å². The summed E-state index contributed by atoms with van der Waals surface area (Å²) >= 11 is 0. The van der Waals surface area contributed by atoms with E-state index in [-0.39, 0.29) is 5.75 Å². The lowest BCUT2D eigenvalue weighted by Gasteiger charge is -2.19. The van der Waals surface area contributed by atoms with E-state index in [2.05, 4.69) is 0 Å². The Bertz CT molecular complexity index is 303. The largest absolute Gasteiger partial charge is 0.308 e. The van der Waals surface area contributed by atoms with Gasteiger partial charge in [-0.05, 0) is 32.4 Å². The van der Waals surface area contributed by atoms with Gasteiger partial charge in [-0.15, -0.1) is 0 Å². The maximum Gasteiger partial charge on any atom is 0.215 e. The van der Waals surface area contributed by atoms with Crippen molar-refractivity contribution in [1.29, 1.82) is 0 Å². The maximum atomic E-state index is 11.8. The van der Waals surface area contributed by atoms with Crippen LogP contribution in [0.2, 0.25) is 0 Å². The number of sulfonamides is 1. The van der Waals surface area contributed by atoms with Crippen molar-refractivity contribution in [3.63, 3.8) is 0 Å². The summed E-state index contributed by atoms with van der Waals surface area (Å²) in [7, 11) is 0.834. The highest BCUT2D eigenvalue weighted by molar-refractivity contribution is 7.89. The first-order valence-electron chi connectivity index (χ1n) is 5.11. The quantitative estimate of drug-likeness (QED) is 0.658. The second kappa shape index (κ2) is 3.47. The van der Waals surface area contributed by atoms with Crippen molar-refractivity contribution in [2.24, 2.45) is 11.8 Å². The van der Waals surface area contributed by atoms with Crippen molar-refractivity contribution >= 4 is 10.0 Å². The van der Waals surface area contributed by atoms with Crippen LogP contribution in [0.4, 0.5) is 0 Å². The van der Waals surface area contributed by atoms with Gasteiger partial charge in [-0.2, -0.15) is 0 Å². The molecule has 1 saturated heterocycles. The van der Waals surface area contributed by atoms with Gasteiger partial charge in [0.15, 0.2) is 0 Å². The van der Waals surface area contributed by atoms with Gasteiger partial charge in [0, 0.05) is 19.6 Å². The van der Waals surface area contributed by atoms with Gasteiger partial charge in [0.1, 0.15) is 0 Å². The molecule has 1 saturated carbocycles. The molecular formula is C9H18N2O2S. The fourth-order valence-corrected chi connectivity index (χ4v) is 3.70. The van der Waals surface area contributed by atoms with E-state index in [0.717, 1.165) is 13.1 Å². The van der Waals surface area contributed by atoms with E-state index in [1.807, 2.05) is 19.0 Å². The van der Waals surface area contributed by atoms with Crippen molar-refractivity contribution in [3.8, 4) is 0 Å². The first-order chi connectivity index (χ1) is 6.49. The fraction of sp³-hybridized carbons (Fsp3) is 1.00. The number of nitrogens with zero attached hydrogens (tertiary/aromatic N) is 2.